The molecule has 0 spiro atoms. The molecule has 136 valence electrons. The van der Waals surface area contributed by atoms with Crippen LogP contribution in [-0.4, -0.2) is 0 Å². The van der Waals surface area contributed by atoms with Gasteiger partial charge in [-0.15, -0.1) is 0 Å². The topological polar surface area (TPSA) is 3.88 Å². The van der Waals surface area contributed by atoms with Crippen molar-refractivity contribution >= 4 is 0 Å². The van der Waals surface area contributed by atoms with Crippen molar-refractivity contribution in [2.24, 2.45) is 0 Å². The van der Waals surface area contributed by atoms with E-state index in [1.807, 2.05) is 0 Å². The summed E-state index contributed by atoms with van der Waals surface area (Å²) in [6.45, 7) is 5.69. The number of aromatic nitrogens is 1. The van der Waals surface area contributed by atoms with Crippen LogP contribution in [0.25, 0.3) is 0 Å². The van der Waals surface area contributed by atoms with Crippen molar-refractivity contribution in [1.82, 2.24) is 0 Å². The molecule has 0 aliphatic heterocycles. The van der Waals surface area contributed by atoms with Gasteiger partial charge in [-0.2, -0.15) is 0 Å². The van der Waals surface area contributed by atoms with Crippen molar-refractivity contribution in [3.8, 4) is 0 Å². The summed E-state index contributed by atoms with van der Waals surface area (Å²) in [6, 6.07) is 13.3. The number of benzene rings is 1. The van der Waals surface area contributed by atoms with Gasteiger partial charge in [-0.1, -0.05) is 69.9 Å². The molecule has 0 amide bonds. The fourth-order valence-corrected chi connectivity index (χ4v) is 3.45. The van der Waals surface area contributed by atoms with Gasteiger partial charge in [0.1, 0.15) is 6.54 Å². The molecular weight excluding hydrogens is 302 g/mol. The summed E-state index contributed by atoms with van der Waals surface area (Å²) in [5.74, 6) is 0. The Labute approximate surface area is 155 Å². The second kappa shape index (κ2) is 11.8. The van der Waals surface area contributed by atoms with Gasteiger partial charge in [0.05, 0.1) is 0 Å². The summed E-state index contributed by atoms with van der Waals surface area (Å²) >= 11 is 0. The summed E-state index contributed by atoms with van der Waals surface area (Å²) in [7, 11) is 0. The van der Waals surface area contributed by atoms with Crippen LogP contribution in [0.2, 0.25) is 0 Å². The van der Waals surface area contributed by atoms with E-state index in [4.69, 9.17) is 0 Å². The van der Waals surface area contributed by atoms with Gasteiger partial charge in [-0.25, -0.2) is 4.57 Å². The van der Waals surface area contributed by atoms with Crippen LogP contribution in [0, 0.1) is 0 Å². The molecule has 2 rings (SSSR count). The number of aryl methyl sites for hydroxylation is 4. The Kier molecular flexibility index (Phi) is 9.33. The Morgan fingerprint density at radius 3 is 1.76 bits per heavy atom. The Morgan fingerprint density at radius 2 is 1.20 bits per heavy atom. The van der Waals surface area contributed by atoms with Crippen molar-refractivity contribution in [1.29, 1.82) is 0 Å². The molecule has 0 atom stereocenters. The van der Waals surface area contributed by atoms with Crippen molar-refractivity contribution in [3.63, 3.8) is 0 Å². The van der Waals surface area contributed by atoms with Gasteiger partial charge in [0.2, 0.25) is 0 Å². The predicted octanol–water partition coefficient (Wildman–Crippen LogP) is 6.07. The minimum atomic E-state index is 1.12. The molecule has 1 heterocycles. The minimum Gasteiger partial charge on any atom is -0.205 e. The molecule has 1 aromatic heterocycles. The molecule has 1 aromatic carbocycles. The van der Waals surface area contributed by atoms with Crippen LogP contribution >= 0.6 is 0 Å². The third kappa shape index (κ3) is 7.86. The number of hydrogen-bond acceptors (Lipinski definition) is 0. The molecule has 0 radical (unpaired) electrons. The first-order valence-corrected chi connectivity index (χ1v) is 10.4. The molecule has 0 unspecified atom stereocenters. The summed E-state index contributed by atoms with van der Waals surface area (Å²) in [4.78, 5) is 0. The van der Waals surface area contributed by atoms with E-state index in [0.29, 0.717) is 0 Å². The number of pyridine rings is 1. The number of rotatable bonds is 12. The van der Waals surface area contributed by atoms with E-state index in [9.17, 15) is 0 Å². The molecule has 0 fully saturated rings. The zero-order valence-electron chi connectivity index (χ0n) is 16.3. The van der Waals surface area contributed by atoms with Crippen molar-refractivity contribution in [2.45, 2.75) is 84.6 Å². The van der Waals surface area contributed by atoms with Crippen LogP contribution in [0.15, 0.2) is 48.8 Å². The van der Waals surface area contributed by atoms with Gasteiger partial charge in [-0.05, 0) is 43.7 Å². The average Bonchev–Trinajstić information content (AvgIpc) is 2.63. The quantitative estimate of drug-likeness (QED) is 0.326. The monoisotopic (exact) mass is 338 g/mol. The van der Waals surface area contributed by atoms with Gasteiger partial charge >= 0.3 is 0 Å². The molecule has 0 saturated heterocycles. The lowest BCUT2D eigenvalue weighted by Crippen LogP contribution is -2.34. The molecule has 0 bridgehead atoms. The van der Waals surface area contributed by atoms with E-state index in [-0.39, 0.29) is 0 Å². The van der Waals surface area contributed by atoms with Crippen molar-refractivity contribution in [2.75, 3.05) is 0 Å². The average molecular weight is 339 g/mol. The van der Waals surface area contributed by atoms with E-state index in [1.54, 1.807) is 0 Å². The standard InChI is InChI=1S/C24H36N/c1-3-5-8-15-23-19-24(16-9-6-4-2)21-25(20-23)18-12-17-22-13-10-7-11-14-22/h7,10-11,13-14,19-21H,3-6,8-9,12,15-18H2,1-2H3/q+1. The molecular formula is C24H36N+. The van der Waals surface area contributed by atoms with Gasteiger partial charge in [0, 0.05) is 17.5 Å². The predicted molar refractivity (Wildman–Crippen MR) is 108 cm³/mol. The van der Waals surface area contributed by atoms with Crippen LogP contribution in [0.5, 0.6) is 0 Å². The first kappa shape index (κ1) is 19.7. The van der Waals surface area contributed by atoms with Crippen molar-refractivity contribution < 1.29 is 4.57 Å². The van der Waals surface area contributed by atoms with Crippen LogP contribution in [0.4, 0.5) is 0 Å². The Hall–Kier alpha value is -1.63. The highest BCUT2D eigenvalue weighted by Crippen LogP contribution is 2.11. The summed E-state index contributed by atoms with van der Waals surface area (Å²) in [5.41, 5.74) is 4.51. The summed E-state index contributed by atoms with van der Waals surface area (Å²) < 4.78 is 2.45. The van der Waals surface area contributed by atoms with E-state index >= 15 is 0 Å². The summed E-state index contributed by atoms with van der Waals surface area (Å²) in [6.07, 6.45) is 17.5. The van der Waals surface area contributed by atoms with Gasteiger partial charge in [-0.3, -0.25) is 0 Å². The van der Waals surface area contributed by atoms with Crippen LogP contribution in [0.3, 0.4) is 0 Å². The maximum Gasteiger partial charge on any atom is 0.171 e. The zero-order valence-corrected chi connectivity index (χ0v) is 16.3. The fourth-order valence-electron chi connectivity index (χ4n) is 3.45. The zero-order chi connectivity index (χ0) is 17.7. The van der Waals surface area contributed by atoms with E-state index in [1.165, 1.54) is 80.9 Å². The summed E-state index contributed by atoms with van der Waals surface area (Å²) in [5, 5.41) is 0. The molecule has 25 heavy (non-hydrogen) atoms. The largest absolute Gasteiger partial charge is 0.205 e. The maximum atomic E-state index is 2.46. The molecule has 2 aromatic rings. The van der Waals surface area contributed by atoms with E-state index in [2.05, 4.69) is 67.2 Å². The van der Waals surface area contributed by atoms with E-state index < -0.39 is 0 Å². The number of hydrogen-bond donors (Lipinski definition) is 0. The Morgan fingerprint density at radius 1 is 0.640 bits per heavy atom. The molecule has 0 aliphatic carbocycles. The van der Waals surface area contributed by atoms with E-state index in [0.717, 1.165) is 6.54 Å². The van der Waals surface area contributed by atoms with Crippen LogP contribution in [-0.2, 0) is 25.8 Å². The molecule has 1 nitrogen and oxygen atoms in total. The third-order valence-corrected chi connectivity index (χ3v) is 4.90. The highest BCUT2D eigenvalue weighted by Gasteiger charge is 2.08. The SMILES string of the molecule is CCCCCc1cc(CCCCC)c[n+](CCCc2ccccc2)c1. The van der Waals surface area contributed by atoms with Gasteiger partial charge < -0.3 is 0 Å². The van der Waals surface area contributed by atoms with Crippen LogP contribution < -0.4 is 4.57 Å². The minimum absolute atomic E-state index is 1.12. The molecule has 0 saturated carbocycles. The first-order chi connectivity index (χ1) is 12.3. The highest BCUT2D eigenvalue weighted by molar-refractivity contribution is 5.16. The lowest BCUT2D eigenvalue weighted by molar-refractivity contribution is -0.698. The van der Waals surface area contributed by atoms with Crippen LogP contribution in [0.1, 0.15) is 75.5 Å². The lowest BCUT2D eigenvalue weighted by atomic mass is 10.0. The fraction of sp³-hybridized carbons (Fsp3) is 0.542. The smallest absolute Gasteiger partial charge is 0.171 e. The second-order valence-corrected chi connectivity index (χ2v) is 7.29. The second-order valence-electron chi connectivity index (χ2n) is 7.29. The van der Waals surface area contributed by atoms with Gasteiger partial charge in [0.15, 0.2) is 12.4 Å². The molecule has 0 aliphatic rings. The lowest BCUT2D eigenvalue weighted by Gasteiger charge is -2.06. The maximum absolute atomic E-state index is 2.46. The molecule has 1 heteroatoms. The van der Waals surface area contributed by atoms with Gasteiger partial charge in [0.25, 0.3) is 0 Å². The number of unbranched alkanes of at least 4 members (excludes halogenated alkanes) is 4. The first-order valence-electron chi connectivity index (χ1n) is 10.4. The third-order valence-electron chi connectivity index (χ3n) is 4.90. The van der Waals surface area contributed by atoms with Crippen molar-refractivity contribution in [3.05, 3.63) is 65.5 Å². The Balaban J connectivity index is 1.95. The number of nitrogens with zero attached hydrogens (tertiary/aromatic N) is 1. The highest BCUT2D eigenvalue weighted by atomic mass is 14.9. The normalized spacial score (nSPS) is 11.0. The molecule has 0 N–H and O–H groups in total. The Bertz CT molecular complexity index is 560.